The molecule has 2 unspecified atom stereocenters. The van der Waals surface area contributed by atoms with Crippen LogP contribution in [0.5, 0.6) is 5.75 Å². The molecule has 2 bridgehead atoms. The van der Waals surface area contributed by atoms with Gasteiger partial charge in [0.25, 0.3) is 0 Å². The van der Waals surface area contributed by atoms with Gasteiger partial charge in [-0.1, -0.05) is 24.6 Å². The quantitative estimate of drug-likeness (QED) is 0.831. The zero-order chi connectivity index (χ0) is 14.1. The van der Waals surface area contributed by atoms with Crippen molar-refractivity contribution in [3.63, 3.8) is 0 Å². The van der Waals surface area contributed by atoms with Gasteiger partial charge in [0, 0.05) is 12.1 Å². The Morgan fingerprint density at radius 1 is 1.20 bits per heavy atom. The average Bonchev–Trinajstić information content (AvgIpc) is 2.39. The van der Waals surface area contributed by atoms with Gasteiger partial charge in [-0.05, 0) is 49.6 Å². The first-order valence-electron chi connectivity index (χ1n) is 7.11. The average molecular weight is 279 g/mol. The second kappa shape index (κ2) is 5.52. The molecular weight excluding hydrogens is 260 g/mol. The van der Waals surface area contributed by atoms with E-state index in [0.29, 0.717) is 12.1 Å². The van der Waals surface area contributed by atoms with E-state index in [2.05, 4.69) is 22.8 Å². The van der Waals surface area contributed by atoms with Crippen molar-refractivity contribution in [1.82, 2.24) is 4.90 Å². The Balaban J connectivity index is 1.79. The van der Waals surface area contributed by atoms with Crippen molar-refractivity contribution in [2.45, 2.75) is 44.4 Å². The smallest absolute Gasteiger partial charge is 0.387 e. The Labute approximate surface area is 118 Å². The molecule has 0 radical (unpaired) electrons. The van der Waals surface area contributed by atoms with Gasteiger partial charge in [-0.15, -0.1) is 0 Å². The fourth-order valence-corrected chi connectivity index (χ4v) is 3.31. The molecule has 0 spiro atoms. The van der Waals surface area contributed by atoms with Crippen molar-refractivity contribution >= 4 is 5.57 Å². The van der Waals surface area contributed by atoms with E-state index in [9.17, 15) is 8.78 Å². The Kier molecular flexibility index (Phi) is 3.74. The molecule has 2 atom stereocenters. The number of benzene rings is 1. The van der Waals surface area contributed by atoms with E-state index >= 15 is 0 Å². The molecule has 20 heavy (non-hydrogen) atoms. The van der Waals surface area contributed by atoms with Crippen LogP contribution in [0.4, 0.5) is 8.78 Å². The van der Waals surface area contributed by atoms with Crippen molar-refractivity contribution in [2.75, 3.05) is 7.05 Å². The maximum Gasteiger partial charge on any atom is 0.387 e. The molecule has 0 aromatic heterocycles. The third-order valence-corrected chi connectivity index (χ3v) is 4.44. The second-order valence-electron chi connectivity index (χ2n) is 5.62. The van der Waals surface area contributed by atoms with Crippen LogP contribution in [0.3, 0.4) is 0 Å². The van der Waals surface area contributed by atoms with Crippen LogP contribution in [0.1, 0.15) is 31.2 Å². The van der Waals surface area contributed by atoms with Gasteiger partial charge in [0.1, 0.15) is 5.75 Å². The number of hydrogen-bond donors (Lipinski definition) is 0. The van der Waals surface area contributed by atoms with E-state index in [1.54, 1.807) is 12.1 Å². The van der Waals surface area contributed by atoms with Crippen molar-refractivity contribution < 1.29 is 13.5 Å². The number of ether oxygens (including phenoxy) is 1. The van der Waals surface area contributed by atoms with Crippen LogP contribution in [0, 0.1) is 0 Å². The molecule has 0 N–H and O–H groups in total. The SMILES string of the molecule is CN1C2C=C(c3ccc(OC(F)F)cc3)CC1CCC2. The van der Waals surface area contributed by atoms with E-state index in [1.807, 2.05) is 12.1 Å². The van der Waals surface area contributed by atoms with Gasteiger partial charge < -0.3 is 4.74 Å². The van der Waals surface area contributed by atoms with Gasteiger partial charge in [0.15, 0.2) is 0 Å². The first kappa shape index (κ1) is 13.6. The normalized spacial score (nSPS) is 26.5. The lowest BCUT2D eigenvalue weighted by atomic mass is 9.83. The number of hydrogen-bond acceptors (Lipinski definition) is 2. The van der Waals surface area contributed by atoms with E-state index < -0.39 is 6.61 Å². The number of piperidine rings is 1. The fourth-order valence-electron chi connectivity index (χ4n) is 3.31. The summed E-state index contributed by atoms with van der Waals surface area (Å²) in [5.41, 5.74) is 2.46. The van der Waals surface area contributed by atoms with Crippen LogP contribution in [-0.4, -0.2) is 30.6 Å². The van der Waals surface area contributed by atoms with Crippen LogP contribution < -0.4 is 4.74 Å². The van der Waals surface area contributed by atoms with Crippen LogP contribution in [0.25, 0.3) is 5.57 Å². The molecule has 2 heterocycles. The number of halogens is 2. The molecule has 1 aromatic carbocycles. The summed E-state index contributed by atoms with van der Waals surface area (Å²) in [6, 6.07) is 8.14. The summed E-state index contributed by atoms with van der Waals surface area (Å²) in [6.07, 6.45) is 7.13. The Hall–Kier alpha value is -1.42. The summed E-state index contributed by atoms with van der Waals surface area (Å²) in [5, 5.41) is 0. The lowest BCUT2D eigenvalue weighted by molar-refractivity contribution is -0.0498. The van der Waals surface area contributed by atoms with E-state index in [0.717, 1.165) is 12.0 Å². The van der Waals surface area contributed by atoms with Gasteiger partial charge in [0.05, 0.1) is 0 Å². The Bertz CT molecular complexity index is 498. The van der Waals surface area contributed by atoms with E-state index in [-0.39, 0.29) is 5.75 Å². The highest BCUT2D eigenvalue weighted by molar-refractivity contribution is 5.68. The maximum absolute atomic E-state index is 12.1. The minimum atomic E-state index is -2.76. The molecule has 108 valence electrons. The van der Waals surface area contributed by atoms with Crippen molar-refractivity contribution in [3.8, 4) is 5.75 Å². The van der Waals surface area contributed by atoms with Gasteiger partial charge in [-0.2, -0.15) is 8.78 Å². The molecule has 0 amide bonds. The summed E-state index contributed by atoms with van der Waals surface area (Å²) >= 11 is 0. The number of alkyl halides is 2. The summed E-state index contributed by atoms with van der Waals surface area (Å²) in [4.78, 5) is 2.46. The third kappa shape index (κ3) is 2.70. The molecule has 1 fully saturated rings. The Morgan fingerprint density at radius 2 is 1.95 bits per heavy atom. The van der Waals surface area contributed by atoms with E-state index in [1.165, 1.54) is 24.8 Å². The zero-order valence-corrected chi connectivity index (χ0v) is 11.6. The third-order valence-electron chi connectivity index (χ3n) is 4.44. The summed E-state index contributed by atoms with van der Waals surface area (Å²) in [7, 11) is 2.20. The molecule has 2 aliphatic rings. The van der Waals surface area contributed by atoms with Gasteiger partial charge in [-0.3, -0.25) is 4.90 Å². The molecule has 0 aliphatic carbocycles. The molecular formula is C16H19F2NO. The number of nitrogens with zero attached hydrogens (tertiary/aromatic N) is 1. The van der Waals surface area contributed by atoms with Gasteiger partial charge >= 0.3 is 6.61 Å². The van der Waals surface area contributed by atoms with Crippen molar-refractivity contribution in [3.05, 3.63) is 35.9 Å². The van der Waals surface area contributed by atoms with Crippen LogP contribution in [0.15, 0.2) is 30.3 Å². The minimum absolute atomic E-state index is 0.220. The monoisotopic (exact) mass is 279 g/mol. The van der Waals surface area contributed by atoms with Crippen molar-refractivity contribution in [2.24, 2.45) is 0 Å². The number of likely N-dealkylation sites (N-methyl/N-ethyl adjacent to an activating group) is 1. The van der Waals surface area contributed by atoms with E-state index in [4.69, 9.17) is 0 Å². The molecule has 3 rings (SSSR count). The highest BCUT2D eigenvalue weighted by Gasteiger charge is 2.31. The van der Waals surface area contributed by atoms with Gasteiger partial charge in [-0.25, -0.2) is 0 Å². The number of rotatable bonds is 3. The zero-order valence-electron chi connectivity index (χ0n) is 11.6. The van der Waals surface area contributed by atoms with Crippen LogP contribution >= 0.6 is 0 Å². The maximum atomic E-state index is 12.1. The van der Waals surface area contributed by atoms with Crippen LogP contribution in [0.2, 0.25) is 0 Å². The Morgan fingerprint density at radius 3 is 2.60 bits per heavy atom. The fraction of sp³-hybridized carbons (Fsp3) is 0.500. The predicted octanol–water partition coefficient (Wildman–Crippen LogP) is 3.93. The first-order chi connectivity index (χ1) is 9.63. The van der Waals surface area contributed by atoms with Gasteiger partial charge in [0.2, 0.25) is 0 Å². The summed E-state index contributed by atoms with van der Waals surface area (Å²) < 4.78 is 28.7. The molecule has 1 saturated heterocycles. The summed E-state index contributed by atoms with van der Waals surface area (Å²) in [6.45, 7) is -2.76. The molecule has 2 aliphatic heterocycles. The van der Waals surface area contributed by atoms with Crippen LogP contribution in [-0.2, 0) is 0 Å². The minimum Gasteiger partial charge on any atom is -0.435 e. The molecule has 2 nitrogen and oxygen atoms in total. The molecule has 4 heteroatoms. The first-order valence-corrected chi connectivity index (χ1v) is 7.11. The van der Waals surface area contributed by atoms with Crippen molar-refractivity contribution in [1.29, 1.82) is 0 Å². The largest absolute Gasteiger partial charge is 0.435 e. The standard InChI is InChI=1S/C16H19F2NO/c1-19-13-3-2-4-14(19)10-12(9-13)11-5-7-15(8-6-11)20-16(17)18/h5-9,13-14,16H,2-4,10H2,1H3. The highest BCUT2D eigenvalue weighted by atomic mass is 19.3. The predicted molar refractivity (Wildman–Crippen MR) is 74.9 cm³/mol. The number of fused-ring (bicyclic) bond motifs is 2. The molecule has 0 saturated carbocycles. The second-order valence-corrected chi connectivity index (χ2v) is 5.62. The molecule has 1 aromatic rings. The summed E-state index contributed by atoms with van der Waals surface area (Å²) in [5.74, 6) is 0.220. The lowest BCUT2D eigenvalue weighted by Crippen LogP contribution is -2.45. The topological polar surface area (TPSA) is 12.5 Å². The lowest BCUT2D eigenvalue weighted by Gasteiger charge is -2.42. The highest BCUT2D eigenvalue weighted by Crippen LogP contribution is 2.36.